The van der Waals surface area contributed by atoms with Gasteiger partial charge in [-0.3, -0.25) is 9.78 Å². The third-order valence-corrected chi connectivity index (χ3v) is 6.48. The fraction of sp³-hybridized carbons (Fsp3) is 0.357. The standard InChI is InChI=1S/C21H19F5N4O2.C7H7F/c22-18(23)17-10-28-19(32-17)15-9-13(12-5-2-1-3-6-12)20(31)30(29-15)11-16-14(21(24,25)26)7-4-8-27-16;1-6-3-2-4-7(8)5-6/h4,7-10,12,18H,1-3,5-6,11H2;2-5H,1H3. The second-order valence-corrected chi connectivity index (χ2v) is 9.45. The first-order chi connectivity index (χ1) is 19.0. The Labute approximate surface area is 225 Å². The fourth-order valence-electron chi connectivity index (χ4n) is 4.56. The van der Waals surface area contributed by atoms with Gasteiger partial charge in [0.25, 0.3) is 12.0 Å². The highest BCUT2D eigenvalue weighted by atomic mass is 19.4. The molecule has 0 N–H and O–H groups in total. The molecule has 0 radical (unpaired) electrons. The lowest BCUT2D eigenvalue weighted by molar-refractivity contribution is -0.138. The summed E-state index contributed by atoms with van der Waals surface area (Å²) in [5.74, 6) is -1.17. The number of hydrogen-bond acceptors (Lipinski definition) is 5. The number of nitrogens with zero attached hydrogens (tertiary/aromatic N) is 4. The molecule has 0 amide bonds. The molecule has 0 saturated heterocycles. The molecule has 1 aromatic carbocycles. The van der Waals surface area contributed by atoms with Crippen LogP contribution in [-0.4, -0.2) is 19.7 Å². The zero-order valence-corrected chi connectivity index (χ0v) is 21.5. The molecule has 3 heterocycles. The van der Waals surface area contributed by atoms with Crippen molar-refractivity contribution in [2.24, 2.45) is 0 Å². The summed E-state index contributed by atoms with van der Waals surface area (Å²) in [7, 11) is 0. The molecular weight excluding hydrogens is 538 g/mol. The van der Waals surface area contributed by atoms with Crippen molar-refractivity contribution in [3.8, 4) is 11.6 Å². The molecule has 4 aromatic rings. The molecule has 0 unspecified atom stereocenters. The van der Waals surface area contributed by atoms with Crippen LogP contribution in [0.4, 0.5) is 26.3 Å². The zero-order chi connectivity index (χ0) is 28.9. The second kappa shape index (κ2) is 12.5. The Kier molecular flexibility index (Phi) is 9.06. The van der Waals surface area contributed by atoms with Crippen molar-refractivity contribution in [3.63, 3.8) is 0 Å². The lowest BCUT2D eigenvalue weighted by Gasteiger charge is -2.22. The monoisotopic (exact) mass is 564 g/mol. The predicted molar refractivity (Wildman–Crippen MR) is 134 cm³/mol. The van der Waals surface area contributed by atoms with Crippen molar-refractivity contribution in [1.82, 2.24) is 19.7 Å². The van der Waals surface area contributed by atoms with Gasteiger partial charge in [0.15, 0.2) is 5.76 Å². The first kappa shape index (κ1) is 29.0. The molecule has 5 rings (SSSR count). The van der Waals surface area contributed by atoms with Crippen LogP contribution in [0.25, 0.3) is 11.6 Å². The van der Waals surface area contributed by atoms with Gasteiger partial charge in [0.2, 0.25) is 5.89 Å². The highest BCUT2D eigenvalue weighted by Crippen LogP contribution is 2.34. The van der Waals surface area contributed by atoms with Crippen molar-refractivity contribution in [3.05, 3.63) is 99.2 Å². The minimum Gasteiger partial charge on any atom is -0.434 e. The number of aryl methyl sites for hydroxylation is 1. The van der Waals surface area contributed by atoms with Crippen molar-refractivity contribution < 1.29 is 30.8 Å². The van der Waals surface area contributed by atoms with E-state index in [1.54, 1.807) is 6.07 Å². The van der Waals surface area contributed by atoms with Gasteiger partial charge in [-0.05, 0) is 61.6 Å². The van der Waals surface area contributed by atoms with E-state index in [0.717, 1.165) is 60.7 Å². The number of oxazole rings is 1. The lowest BCUT2D eigenvalue weighted by atomic mass is 9.84. The van der Waals surface area contributed by atoms with Crippen LogP contribution in [0, 0.1) is 12.7 Å². The summed E-state index contributed by atoms with van der Waals surface area (Å²) in [5.41, 5.74) is -0.570. The van der Waals surface area contributed by atoms with E-state index in [-0.39, 0.29) is 29.0 Å². The van der Waals surface area contributed by atoms with Crippen LogP contribution >= 0.6 is 0 Å². The molecule has 3 aromatic heterocycles. The molecule has 6 nitrogen and oxygen atoms in total. The first-order valence-corrected chi connectivity index (χ1v) is 12.6. The lowest BCUT2D eigenvalue weighted by Crippen LogP contribution is -2.30. The Morgan fingerprint density at radius 2 is 1.80 bits per heavy atom. The highest BCUT2D eigenvalue weighted by Gasteiger charge is 2.34. The van der Waals surface area contributed by atoms with Gasteiger partial charge in [0.05, 0.1) is 24.0 Å². The summed E-state index contributed by atoms with van der Waals surface area (Å²) in [5, 5.41) is 4.08. The van der Waals surface area contributed by atoms with E-state index in [1.165, 1.54) is 24.4 Å². The van der Waals surface area contributed by atoms with Crippen LogP contribution < -0.4 is 5.56 Å². The normalized spacial score (nSPS) is 14.2. The van der Waals surface area contributed by atoms with Crippen molar-refractivity contribution in [2.45, 2.75) is 64.1 Å². The number of halogens is 6. The molecule has 0 spiro atoms. The molecule has 40 heavy (non-hydrogen) atoms. The van der Waals surface area contributed by atoms with Crippen molar-refractivity contribution in [1.29, 1.82) is 0 Å². The molecule has 12 heteroatoms. The maximum atomic E-state index is 13.4. The number of aromatic nitrogens is 4. The van der Waals surface area contributed by atoms with E-state index < -0.39 is 36.0 Å². The number of pyridine rings is 1. The molecule has 0 aliphatic heterocycles. The van der Waals surface area contributed by atoms with Gasteiger partial charge in [-0.1, -0.05) is 31.4 Å². The molecular formula is C28H26F6N4O2. The highest BCUT2D eigenvalue weighted by molar-refractivity contribution is 5.48. The number of hydrogen-bond donors (Lipinski definition) is 0. The Morgan fingerprint density at radius 3 is 2.40 bits per heavy atom. The average Bonchev–Trinajstić information content (AvgIpc) is 3.41. The maximum absolute atomic E-state index is 13.4. The third kappa shape index (κ3) is 7.16. The van der Waals surface area contributed by atoms with Gasteiger partial charge >= 0.3 is 6.18 Å². The average molecular weight is 565 g/mol. The van der Waals surface area contributed by atoms with Crippen molar-refractivity contribution >= 4 is 0 Å². The summed E-state index contributed by atoms with van der Waals surface area (Å²) >= 11 is 0. The Balaban J connectivity index is 0.000000398. The number of alkyl halides is 5. The van der Waals surface area contributed by atoms with Gasteiger partial charge in [-0.2, -0.15) is 18.3 Å². The van der Waals surface area contributed by atoms with Crippen LogP contribution in [0.2, 0.25) is 0 Å². The van der Waals surface area contributed by atoms with Gasteiger partial charge in [-0.25, -0.2) is 22.8 Å². The van der Waals surface area contributed by atoms with Crippen LogP contribution in [0.5, 0.6) is 0 Å². The van der Waals surface area contributed by atoms with Gasteiger partial charge in [0, 0.05) is 11.8 Å². The predicted octanol–water partition coefficient (Wildman–Crippen LogP) is 7.48. The largest absolute Gasteiger partial charge is 0.434 e. The minimum absolute atomic E-state index is 0.00145. The SMILES string of the molecule is Cc1cccc(F)c1.O=c1c(C2CCCCC2)cc(-c2ncc(C(F)F)o2)nn1Cc1ncccc1C(F)(F)F. The van der Waals surface area contributed by atoms with Crippen LogP contribution in [-0.2, 0) is 12.7 Å². The summed E-state index contributed by atoms with van der Waals surface area (Å²) in [6.07, 6.45) is -1.16. The van der Waals surface area contributed by atoms with Gasteiger partial charge in [-0.15, -0.1) is 0 Å². The van der Waals surface area contributed by atoms with E-state index in [9.17, 15) is 31.1 Å². The topological polar surface area (TPSA) is 73.8 Å². The fourth-order valence-corrected chi connectivity index (χ4v) is 4.56. The third-order valence-electron chi connectivity index (χ3n) is 6.48. The summed E-state index contributed by atoms with van der Waals surface area (Å²) in [6.45, 7) is 1.33. The molecule has 1 fully saturated rings. The molecule has 0 atom stereocenters. The maximum Gasteiger partial charge on any atom is 0.418 e. The second-order valence-electron chi connectivity index (χ2n) is 9.45. The number of rotatable bonds is 5. The van der Waals surface area contributed by atoms with Crippen molar-refractivity contribution in [2.75, 3.05) is 0 Å². The van der Waals surface area contributed by atoms with E-state index in [2.05, 4.69) is 15.1 Å². The van der Waals surface area contributed by atoms with E-state index in [4.69, 9.17) is 4.42 Å². The van der Waals surface area contributed by atoms with Gasteiger partial charge in [0.1, 0.15) is 11.5 Å². The molecule has 0 bridgehead atoms. The molecule has 212 valence electrons. The summed E-state index contributed by atoms with van der Waals surface area (Å²) < 4.78 is 84.2. The summed E-state index contributed by atoms with van der Waals surface area (Å²) in [4.78, 5) is 20.8. The smallest absolute Gasteiger partial charge is 0.418 e. The number of benzene rings is 1. The Morgan fingerprint density at radius 1 is 1.05 bits per heavy atom. The molecule has 1 aliphatic rings. The zero-order valence-electron chi connectivity index (χ0n) is 21.5. The van der Waals surface area contributed by atoms with Crippen LogP contribution in [0.3, 0.4) is 0 Å². The summed E-state index contributed by atoms with van der Waals surface area (Å²) in [6, 6.07) is 9.98. The van der Waals surface area contributed by atoms with E-state index >= 15 is 0 Å². The molecule has 1 saturated carbocycles. The Bertz CT molecular complexity index is 1480. The minimum atomic E-state index is -4.66. The van der Waals surface area contributed by atoms with Gasteiger partial charge < -0.3 is 4.42 Å². The quantitative estimate of drug-likeness (QED) is 0.235. The van der Waals surface area contributed by atoms with Crippen LogP contribution in [0.1, 0.15) is 72.6 Å². The van der Waals surface area contributed by atoms with E-state index in [0.29, 0.717) is 5.56 Å². The molecule has 1 aliphatic carbocycles. The first-order valence-electron chi connectivity index (χ1n) is 12.6. The van der Waals surface area contributed by atoms with Crippen LogP contribution in [0.15, 0.2) is 64.1 Å². The van der Waals surface area contributed by atoms with E-state index in [1.807, 2.05) is 13.0 Å². The Hall–Kier alpha value is -3.96.